The van der Waals surface area contributed by atoms with Gasteiger partial charge in [0, 0.05) is 22.5 Å². The molecule has 0 unspecified atom stereocenters. The van der Waals surface area contributed by atoms with Crippen LogP contribution in [0.3, 0.4) is 0 Å². The summed E-state index contributed by atoms with van der Waals surface area (Å²) in [6.07, 6.45) is 3.36. The second kappa shape index (κ2) is 13.7. The van der Waals surface area contributed by atoms with Crippen molar-refractivity contribution >= 4 is 122 Å². The van der Waals surface area contributed by atoms with Gasteiger partial charge in [-0.3, -0.25) is 19.5 Å². The number of amides is 2. The number of benzene rings is 3. The molecule has 0 aliphatic carbocycles. The molecule has 3 aromatic carbocycles. The Kier molecular flexibility index (Phi) is 9.25. The van der Waals surface area contributed by atoms with Gasteiger partial charge in [0.15, 0.2) is 10.3 Å². The first-order valence-electron chi connectivity index (χ1n) is 13.5. The van der Waals surface area contributed by atoms with E-state index < -0.39 is 0 Å². The van der Waals surface area contributed by atoms with Crippen LogP contribution in [0.25, 0.3) is 42.2 Å². The lowest BCUT2D eigenvalue weighted by Crippen LogP contribution is -2.21. The number of carbonyl (C=O) groups is 3. The Morgan fingerprint density at radius 3 is 2.33 bits per heavy atom. The SMILES string of the molecule is COc1cccc(NCC(=O)Nc2nc3ccc4[nH]ncc4c3s2)c1.O=C(CCl)Nc1nc2ccc3c(cnn3C(=O)CCl)c2s1. The standard InChI is InChI=1S/C17H15N5O2S.C12H8Cl2N4O2S/c1-24-11-4-2-3-10(7-11)18-9-15(23)21-17-20-14-6-5-13-12(8-19-22-13)16(14)25-17;13-3-9(19)17-12-16-7-1-2-8-6(11(7)21-12)5-15-18(8)10(20)4-14/h2-8,18H,9H2,1H3,(H,19,22)(H,20,21,23);1-2,5H,3-4H2,(H,16,17,19). The first-order chi connectivity index (χ1) is 22.4. The fourth-order valence-electron chi connectivity index (χ4n) is 4.49. The van der Waals surface area contributed by atoms with Gasteiger partial charge in [0.25, 0.3) is 5.91 Å². The summed E-state index contributed by atoms with van der Waals surface area (Å²) in [5, 5.41) is 22.4. The molecule has 4 N–H and O–H groups in total. The molecule has 7 aromatic rings. The number of H-pyrrole nitrogens is 1. The van der Waals surface area contributed by atoms with E-state index in [0.717, 1.165) is 48.2 Å². The van der Waals surface area contributed by atoms with E-state index in [1.807, 2.05) is 36.4 Å². The Morgan fingerprint density at radius 1 is 0.891 bits per heavy atom. The Balaban J connectivity index is 0.000000164. The molecule has 0 atom stereocenters. The van der Waals surface area contributed by atoms with Crippen molar-refractivity contribution < 1.29 is 19.1 Å². The highest BCUT2D eigenvalue weighted by Gasteiger charge is 2.15. The lowest BCUT2D eigenvalue weighted by molar-refractivity contribution is -0.115. The molecular formula is C29H23Cl2N9O4S2. The summed E-state index contributed by atoms with van der Waals surface area (Å²) >= 11 is 13.8. The number of carbonyl (C=O) groups excluding carboxylic acids is 3. The summed E-state index contributed by atoms with van der Waals surface area (Å²) in [5.41, 5.74) is 3.99. The number of hydrogen-bond acceptors (Lipinski definition) is 11. The highest BCUT2D eigenvalue weighted by Crippen LogP contribution is 2.33. The quantitative estimate of drug-likeness (QED) is 0.141. The molecule has 0 fully saturated rings. The summed E-state index contributed by atoms with van der Waals surface area (Å²) in [4.78, 5) is 43.9. The normalized spacial score (nSPS) is 11.0. The van der Waals surface area contributed by atoms with Gasteiger partial charge in [-0.05, 0) is 36.4 Å². The molecule has 2 amide bonds. The maximum atomic E-state index is 12.2. The third kappa shape index (κ3) is 6.57. The molecule has 17 heteroatoms. The number of fused-ring (bicyclic) bond motifs is 6. The molecule has 0 saturated heterocycles. The van der Waals surface area contributed by atoms with E-state index in [4.69, 9.17) is 27.9 Å². The number of anilines is 3. The third-order valence-corrected chi connectivity index (χ3v) is 9.08. The first-order valence-corrected chi connectivity index (χ1v) is 16.2. The fraction of sp³-hybridized carbons (Fsp3) is 0.138. The number of halogens is 2. The predicted octanol–water partition coefficient (Wildman–Crippen LogP) is 5.93. The van der Waals surface area contributed by atoms with E-state index in [2.05, 4.69) is 41.2 Å². The molecule has 4 aromatic heterocycles. The number of ether oxygens (including phenoxy) is 1. The van der Waals surface area contributed by atoms with Gasteiger partial charge < -0.3 is 20.7 Å². The molecule has 0 aliphatic rings. The van der Waals surface area contributed by atoms with Crippen LogP contribution >= 0.6 is 45.9 Å². The number of nitrogens with zero attached hydrogens (tertiary/aromatic N) is 5. The number of rotatable bonds is 8. The van der Waals surface area contributed by atoms with Crippen molar-refractivity contribution in [2.45, 2.75) is 0 Å². The molecule has 46 heavy (non-hydrogen) atoms. The summed E-state index contributed by atoms with van der Waals surface area (Å²) in [6.45, 7) is 0.143. The average molecular weight is 697 g/mol. The highest BCUT2D eigenvalue weighted by molar-refractivity contribution is 7.23. The first kappa shape index (κ1) is 31.2. The van der Waals surface area contributed by atoms with Gasteiger partial charge in [0.05, 0.1) is 57.5 Å². The maximum absolute atomic E-state index is 12.2. The molecule has 0 saturated carbocycles. The van der Waals surface area contributed by atoms with Gasteiger partial charge >= 0.3 is 0 Å². The van der Waals surface area contributed by atoms with Gasteiger partial charge in [0.2, 0.25) is 11.8 Å². The number of aromatic nitrogens is 6. The van der Waals surface area contributed by atoms with Crippen molar-refractivity contribution in [2.75, 3.05) is 41.4 Å². The van der Waals surface area contributed by atoms with Crippen LogP contribution < -0.4 is 20.7 Å². The zero-order chi connectivity index (χ0) is 32.2. The topological polar surface area (TPSA) is 169 Å². The smallest absolute Gasteiger partial charge is 0.262 e. The molecule has 0 spiro atoms. The minimum atomic E-state index is -0.319. The minimum absolute atomic E-state index is 0.131. The molecule has 234 valence electrons. The lowest BCUT2D eigenvalue weighted by atomic mass is 10.2. The fourth-order valence-corrected chi connectivity index (χ4v) is 6.65. The van der Waals surface area contributed by atoms with Crippen LogP contribution in [-0.2, 0) is 9.59 Å². The number of aromatic amines is 1. The van der Waals surface area contributed by atoms with Crippen molar-refractivity contribution in [3.05, 3.63) is 60.9 Å². The van der Waals surface area contributed by atoms with Crippen LogP contribution in [0.5, 0.6) is 5.75 Å². The van der Waals surface area contributed by atoms with Crippen LogP contribution in [0.2, 0.25) is 0 Å². The number of hydrogen-bond donors (Lipinski definition) is 4. The van der Waals surface area contributed by atoms with E-state index >= 15 is 0 Å². The summed E-state index contributed by atoms with van der Waals surface area (Å²) < 4.78 is 8.27. The second-order valence-electron chi connectivity index (χ2n) is 9.53. The predicted molar refractivity (Wildman–Crippen MR) is 183 cm³/mol. The Labute approximate surface area is 277 Å². The maximum Gasteiger partial charge on any atom is 0.262 e. The molecule has 0 aliphatic heterocycles. The zero-order valence-corrected chi connectivity index (χ0v) is 27.0. The van der Waals surface area contributed by atoms with Crippen LogP contribution in [0.15, 0.2) is 60.9 Å². The van der Waals surface area contributed by atoms with E-state index in [1.54, 1.807) is 31.6 Å². The average Bonchev–Trinajstić information content (AvgIpc) is 3.87. The van der Waals surface area contributed by atoms with Gasteiger partial charge in [-0.2, -0.15) is 14.9 Å². The van der Waals surface area contributed by atoms with E-state index in [9.17, 15) is 14.4 Å². The molecule has 13 nitrogen and oxygen atoms in total. The van der Waals surface area contributed by atoms with E-state index in [0.29, 0.717) is 15.8 Å². The molecule has 0 bridgehead atoms. The van der Waals surface area contributed by atoms with Gasteiger partial charge in [0.1, 0.15) is 17.5 Å². The Bertz CT molecular complexity index is 2230. The Hall–Kier alpha value is -4.83. The number of nitrogens with one attached hydrogen (secondary N) is 4. The highest BCUT2D eigenvalue weighted by atomic mass is 35.5. The molecule has 4 heterocycles. The van der Waals surface area contributed by atoms with Gasteiger partial charge in [-0.15, -0.1) is 23.2 Å². The van der Waals surface area contributed by atoms with Crippen molar-refractivity contribution in [3.8, 4) is 5.75 Å². The van der Waals surface area contributed by atoms with Crippen LogP contribution in [0, 0.1) is 0 Å². The molecule has 7 rings (SSSR count). The van der Waals surface area contributed by atoms with E-state index in [-0.39, 0.29) is 36.0 Å². The van der Waals surface area contributed by atoms with Crippen molar-refractivity contribution in [1.82, 2.24) is 29.9 Å². The zero-order valence-electron chi connectivity index (χ0n) is 23.8. The largest absolute Gasteiger partial charge is 0.497 e. The van der Waals surface area contributed by atoms with Gasteiger partial charge in [-0.1, -0.05) is 28.7 Å². The summed E-state index contributed by atoms with van der Waals surface area (Å²) in [5.74, 6) is -0.320. The van der Waals surface area contributed by atoms with Crippen LogP contribution in [-0.4, -0.2) is 73.1 Å². The minimum Gasteiger partial charge on any atom is -0.497 e. The van der Waals surface area contributed by atoms with Crippen LogP contribution in [0.4, 0.5) is 16.0 Å². The summed E-state index contributed by atoms with van der Waals surface area (Å²) in [7, 11) is 1.61. The van der Waals surface area contributed by atoms with Crippen molar-refractivity contribution in [2.24, 2.45) is 0 Å². The van der Waals surface area contributed by atoms with Crippen molar-refractivity contribution in [3.63, 3.8) is 0 Å². The third-order valence-electron chi connectivity index (χ3n) is 6.57. The second-order valence-corrected chi connectivity index (χ2v) is 12.1. The van der Waals surface area contributed by atoms with Gasteiger partial charge in [-0.25, -0.2) is 9.97 Å². The van der Waals surface area contributed by atoms with E-state index in [1.165, 1.54) is 27.4 Å². The monoisotopic (exact) mass is 695 g/mol. The molecule has 0 radical (unpaired) electrons. The number of alkyl halides is 2. The lowest BCUT2D eigenvalue weighted by Gasteiger charge is -2.07. The summed E-state index contributed by atoms with van der Waals surface area (Å²) in [6, 6.07) is 14.8. The van der Waals surface area contributed by atoms with Crippen LogP contribution in [0.1, 0.15) is 4.79 Å². The Morgan fingerprint density at radius 2 is 1.61 bits per heavy atom. The number of methoxy groups -OCH3 is 1. The number of thiazole rings is 2. The van der Waals surface area contributed by atoms with Crippen molar-refractivity contribution in [1.29, 1.82) is 0 Å². The molecular weight excluding hydrogens is 673 g/mol.